The highest BCUT2D eigenvalue weighted by Crippen LogP contribution is 2.05. The summed E-state index contributed by atoms with van der Waals surface area (Å²) in [4.78, 5) is 0. The van der Waals surface area contributed by atoms with Gasteiger partial charge in [-0.25, -0.2) is 0 Å². The zero-order chi connectivity index (χ0) is 12.9. The van der Waals surface area contributed by atoms with Gasteiger partial charge in [-0.15, -0.1) is 0 Å². The van der Waals surface area contributed by atoms with Gasteiger partial charge < -0.3 is 14.8 Å². The molecule has 0 aromatic heterocycles. The Bertz CT molecular complexity index is 145. The molecule has 0 atom stereocenters. The van der Waals surface area contributed by atoms with Crippen molar-refractivity contribution in [3.05, 3.63) is 0 Å². The molecule has 3 nitrogen and oxygen atoms in total. The molecule has 0 aliphatic carbocycles. The first-order chi connectivity index (χ1) is 8.20. The summed E-state index contributed by atoms with van der Waals surface area (Å²) in [6.07, 6.45) is 4.83. The molecule has 0 unspecified atom stereocenters. The predicted octanol–water partition coefficient (Wildman–Crippen LogP) is 3.19. The van der Waals surface area contributed by atoms with E-state index in [2.05, 4.69) is 19.2 Å². The summed E-state index contributed by atoms with van der Waals surface area (Å²) in [5.41, 5.74) is 0. The summed E-state index contributed by atoms with van der Waals surface area (Å²) >= 11 is 0. The van der Waals surface area contributed by atoms with Crippen molar-refractivity contribution in [2.45, 2.75) is 59.7 Å². The van der Waals surface area contributed by atoms with Crippen LogP contribution in [-0.2, 0) is 9.47 Å². The van der Waals surface area contributed by atoms with Crippen molar-refractivity contribution in [1.29, 1.82) is 0 Å². The van der Waals surface area contributed by atoms with E-state index in [0.29, 0.717) is 0 Å². The maximum absolute atomic E-state index is 5.48. The minimum Gasteiger partial charge on any atom is -0.353 e. The topological polar surface area (TPSA) is 30.5 Å². The Morgan fingerprint density at radius 3 is 2.06 bits per heavy atom. The van der Waals surface area contributed by atoms with Crippen LogP contribution in [0, 0.1) is 5.92 Å². The maximum atomic E-state index is 5.48. The summed E-state index contributed by atoms with van der Waals surface area (Å²) in [5, 5.41) is 3.45. The molecule has 0 spiro atoms. The van der Waals surface area contributed by atoms with Crippen molar-refractivity contribution >= 4 is 0 Å². The van der Waals surface area contributed by atoms with Gasteiger partial charge in [-0.05, 0) is 39.3 Å². The number of ether oxygens (including phenoxy) is 2. The van der Waals surface area contributed by atoms with Gasteiger partial charge in [-0.2, -0.15) is 0 Å². The van der Waals surface area contributed by atoms with Crippen LogP contribution in [0.25, 0.3) is 0 Å². The van der Waals surface area contributed by atoms with Gasteiger partial charge in [-0.1, -0.05) is 26.7 Å². The summed E-state index contributed by atoms with van der Waals surface area (Å²) in [6, 6.07) is 0. The molecule has 1 N–H and O–H groups in total. The van der Waals surface area contributed by atoms with Crippen LogP contribution in [0.5, 0.6) is 0 Å². The van der Waals surface area contributed by atoms with Crippen molar-refractivity contribution in [1.82, 2.24) is 5.32 Å². The first-order valence-corrected chi connectivity index (χ1v) is 7.14. The average molecular weight is 245 g/mol. The van der Waals surface area contributed by atoms with Gasteiger partial charge in [0.2, 0.25) is 0 Å². The van der Waals surface area contributed by atoms with E-state index in [1.807, 2.05) is 13.8 Å². The summed E-state index contributed by atoms with van der Waals surface area (Å²) < 4.78 is 11.0. The fraction of sp³-hybridized carbons (Fsp3) is 1.00. The van der Waals surface area contributed by atoms with E-state index < -0.39 is 0 Å². The Morgan fingerprint density at radius 2 is 1.53 bits per heavy atom. The van der Waals surface area contributed by atoms with Crippen LogP contribution >= 0.6 is 0 Å². The summed E-state index contributed by atoms with van der Waals surface area (Å²) in [6.45, 7) is 12.1. The highest BCUT2D eigenvalue weighted by Gasteiger charge is 2.06. The molecular weight excluding hydrogens is 214 g/mol. The molecule has 0 aliphatic heterocycles. The second-order valence-electron chi connectivity index (χ2n) is 4.77. The highest BCUT2D eigenvalue weighted by molar-refractivity contribution is 4.53. The lowest BCUT2D eigenvalue weighted by Crippen LogP contribution is -2.25. The molecule has 0 saturated heterocycles. The molecule has 0 aromatic rings. The third kappa shape index (κ3) is 12.1. The van der Waals surface area contributed by atoms with Crippen LogP contribution in [0.1, 0.15) is 53.4 Å². The number of rotatable bonds is 12. The van der Waals surface area contributed by atoms with E-state index in [-0.39, 0.29) is 6.29 Å². The fourth-order valence-corrected chi connectivity index (χ4v) is 1.73. The number of unbranched alkanes of at least 4 members (excludes halogenated alkanes) is 1. The van der Waals surface area contributed by atoms with Gasteiger partial charge >= 0.3 is 0 Å². The number of hydrogen-bond acceptors (Lipinski definition) is 3. The third-order valence-electron chi connectivity index (χ3n) is 2.65. The van der Waals surface area contributed by atoms with E-state index >= 15 is 0 Å². The Balaban J connectivity index is 3.29. The minimum absolute atomic E-state index is 0.0341. The van der Waals surface area contributed by atoms with Crippen molar-refractivity contribution in [2.24, 2.45) is 5.92 Å². The lowest BCUT2D eigenvalue weighted by molar-refractivity contribution is -0.138. The van der Waals surface area contributed by atoms with E-state index in [1.165, 1.54) is 19.3 Å². The Hall–Kier alpha value is -0.120. The fourth-order valence-electron chi connectivity index (χ4n) is 1.73. The molecule has 0 bridgehead atoms. The van der Waals surface area contributed by atoms with Gasteiger partial charge in [0.1, 0.15) is 0 Å². The van der Waals surface area contributed by atoms with Crippen LogP contribution in [0.3, 0.4) is 0 Å². The van der Waals surface area contributed by atoms with Crippen LogP contribution in [0.4, 0.5) is 0 Å². The second-order valence-corrected chi connectivity index (χ2v) is 4.77. The molecule has 0 aliphatic rings. The predicted molar refractivity (Wildman–Crippen MR) is 73.2 cm³/mol. The first kappa shape index (κ1) is 16.9. The van der Waals surface area contributed by atoms with Crippen molar-refractivity contribution in [2.75, 3.05) is 26.3 Å². The van der Waals surface area contributed by atoms with Gasteiger partial charge in [0.25, 0.3) is 0 Å². The SMILES string of the molecule is CCOC(CCNCCCCC(C)C)OCC. The van der Waals surface area contributed by atoms with Crippen molar-refractivity contribution < 1.29 is 9.47 Å². The van der Waals surface area contributed by atoms with Crippen LogP contribution in [-0.4, -0.2) is 32.6 Å². The quantitative estimate of drug-likeness (QED) is 0.423. The number of hydrogen-bond donors (Lipinski definition) is 1. The van der Waals surface area contributed by atoms with E-state index in [0.717, 1.165) is 38.6 Å². The smallest absolute Gasteiger partial charge is 0.158 e. The third-order valence-corrected chi connectivity index (χ3v) is 2.65. The molecule has 0 fully saturated rings. The lowest BCUT2D eigenvalue weighted by atomic mass is 10.1. The Morgan fingerprint density at radius 1 is 0.882 bits per heavy atom. The van der Waals surface area contributed by atoms with Gasteiger partial charge in [-0.3, -0.25) is 0 Å². The Kier molecular flexibility index (Phi) is 12.3. The van der Waals surface area contributed by atoms with Gasteiger partial charge in [0.05, 0.1) is 0 Å². The molecule has 0 amide bonds. The van der Waals surface area contributed by atoms with E-state index in [9.17, 15) is 0 Å². The zero-order valence-electron chi connectivity index (χ0n) is 12.1. The molecule has 0 aromatic carbocycles. The van der Waals surface area contributed by atoms with Crippen LogP contribution in [0.2, 0.25) is 0 Å². The molecule has 17 heavy (non-hydrogen) atoms. The Labute approximate surface area is 107 Å². The highest BCUT2D eigenvalue weighted by atomic mass is 16.7. The van der Waals surface area contributed by atoms with Crippen molar-refractivity contribution in [3.8, 4) is 0 Å². The van der Waals surface area contributed by atoms with Gasteiger partial charge in [0.15, 0.2) is 6.29 Å². The van der Waals surface area contributed by atoms with E-state index in [4.69, 9.17) is 9.47 Å². The summed E-state index contributed by atoms with van der Waals surface area (Å²) in [5.74, 6) is 0.829. The average Bonchev–Trinajstić information content (AvgIpc) is 2.28. The van der Waals surface area contributed by atoms with Crippen LogP contribution in [0.15, 0.2) is 0 Å². The zero-order valence-corrected chi connectivity index (χ0v) is 12.1. The normalized spacial score (nSPS) is 11.6. The molecule has 3 heteroatoms. The number of nitrogens with one attached hydrogen (secondary N) is 1. The van der Waals surface area contributed by atoms with Crippen LogP contribution < -0.4 is 5.32 Å². The summed E-state index contributed by atoms with van der Waals surface area (Å²) in [7, 11) is 0. The second kappa shape index (κ2) is 12.3. The van der Waals surface area contributed by atoms with E-state index in [1.54, 1.807) is 0 Å². The first-order valence-electron chi connectivity index (χ1n) is 7.14. The standard InChI is InChI=1S/C14H31NO2/c1-5-16-14(17-6-2)10-12-15-11-8-7-9-13(3)4/h13-15H,5-12H2,1-4H3. The molecule has 104 valence electrons. The largest absolute Gasteiger partial charge is 0.353 e. The molecule has 0 saturated carbocycles. The lowest BCUT2D eigenvalue weighted by Gasteiger charge is -2.17. The van der Waals surface area contributed by atoms with Gasteiger partial charge in [0, 0.05) is 19.6 Å². The molecule has 0 rings (SSSR count). The minimum atomic E-state index is -0.0341. The maximum Gasteiger partial charge on any atom is 0.158 e. The monoisotopic (exact) mass is 245 g/mol. The molecule has 0 heterocycles. The van der Waals surface area contributed by atoms with Crippen molar-refractivity contribution in [3.63, 3.8) is 0 Å². The molecular formula is C14H31NO2. The molecule has 0 radical (unpaired) electrons.